The third-order valence-corrected chi connectivity index (χ3v) is 4.08. The Bertz CT molecular complexity index is 486. The second kappa shape index (κ2) is 5.21. The summed E-state index contributed by atoms with van der Waals surface area (Å²) in [6, 6.07) is 6.50. The Morgan fingerprint density at radius 2 is 2.21 bits per heavy atom. The van der Waals surface area contributed by atoms with Crippen molar-refractivity contribution >= 4 is 11.6 Å². The number of fused-ring (bicyclic) bond motifs is 1. The number of amides is 1. The van der Waals surface area contributed by atoms with Crippen molar-refractivity contribution in [1.82, 2.24) is 9.80 Å². The maximum absolute atomic E-state index is 11.9. The van der Waals surface area contributed by atoms with Crippen molar-refractivity contribution in [2.45, 2.75) is 19.4 Å². The molecule has 19 heavy (non-hydrogen) atoms. The highest BCUT2D eigenvalue weighted by atomic mass is 16.2. The van der Waals surface area contributed by atoms with Gasteiger partial charge >= 0.3 is 0 Å². The molecule has 2 aliphatic heterocycles. The molecule has 1 N–H and O–H groups in total. The lowest BCUT2D eigenvalue weighted by molar-refractivity contribution is -0.129. The smallest absolute Gasteiger partial charge is 0.236 e. The molecule has 0 saturated carbocycles. The molecule has 2 heterocycles. The first kappa shape index (κ1) is 12.5. The van der Waals surface area contributed by atoms with Crippen LogP contribution >= 0.6 is 0 Å². The van der Waals surface area contributed by atoms with E-state index in [1.54, 1.807) is 0 Å². The standard InChI is InChI=1S/C15H21N3O/c1-17-8-3-9-18(11-14(17)19)10-13-5-2-4-12-6-7-16-15(12)13/h2,4-5,16H,3,6-11H2,1H3. The van der Waals surface area contributed by atoms with Crippen LogP contribution in [0.2, 0.25) is 0 Å². The summed E-state index contributed by atoms with van der Waals surface area (Å²) in [6.45, 7) is 4.32. The van der Waals surface area contributed by atoms with Crippen LogP contribution in [-0.2, 0) is 17.8 Å². The highest BCUT2D eigenvalue weighted by Gasteiger charge is 2.21. The summed E-state index contributed by atoms with van der Waals surface area (Å²) in [5.74, 6) is 0.234. The Labute approximate surface area is 114 Å². The lowest BCUT2D eigenvalue weighted by atomic mass is 10.1. The van der Waals surface area contributed by atoms with Crippen LogP contribution < -0.4 is 5.32 Å². The van der Waals surface area contributed by atoms with Crippen molar-refractivity contribution in [2.24, 2.45) is 0 Å². The molecular formula is C15H21N3O. The third kappa shape index (κ3) is 2.59. The van der Waals surface area contributed by atoms with Gasteiger partial charge in [-0.2, -0.15) is 0 Å². The molecule has 0 aliphatic carbocycles. The van der Waals surface area contributed by atoms with Gasteiger partial charge in [0.1, 0.15) is 0 Å². The molecule has 0 unspecified atom stereocenters. The number of anilines is 1. The van der Waals surface area contributed by atoms with E-state index in [2.05, 4.69) is 28.4 Å². The Kier molecular flexibility index (Phi) is 3.42. The fourth-order valence-corrected chi connectivity index (χ4v) is 2.97. The summed E-state index contributed by atoms with van der Waals surface area (Å²) in [7, 11) is 1.90. The molecule has 4 nitrogen and oxygen atoms in total. The van der Waals surface area contributed by atoms with E-state index in [1.165, 1.54) is 16.8 Å². The van der Waals surface area contributed by atoms with Crippen molar-refractivity contribution in [3.63, 3.8) is 0 Å². The van der Waals surface area contributed by atoms with Gasteiger partial charge in [-0.05, 0) is 24.0 Å². The number of carbonyl (C=O) groups is 1. The maximum atomic E-state index is 11.9. The van der Waals surface area contributed by atoms with Crippen LogP contribution in [0.25, 0.3) is 0 Å². The molecule has 4 heteroatoms. The van der Waals surface area contributed by atoms with Crippen LogP contribution in [0.1, 0.15) is 17.5 Å². The van der Waals surface area contributed by atoms with Gasteiger partial charge in [-0.3, -0.25) is 9.69 Å². The molecule has 1 aromatic carbocycles. The summed E-state index contributed by atoms with van der Waals surface area (Å²) >= 11 is 0. The second-order valence-electron chi connectivity index (χ2n) is 5.51. The molecular weight excluding hydrogens is 238 g/mol. The zero-order valence-corrected chi connectivity index (χ0v) is 11.5. The summed E-state index contributed by atoms with van der Waals surface area (Å²) in [6.07, 6.45) is 2.18. The topological polar surface area (TPSA) is 35.6 Å². The average molecular weight is 259 g/mol. The van der Waals surface area contributed by atoms with Gasteiger partial charge < -0.3 is 10.2 Å². The van der Waals surface area contributed by atoms with Gasteiger partial charge in [-0.25, -0.2) is 0 Å². The van der Waals surface area contributed by atoms with E-state index in [4.69, 9.17) is 0 Å². The van der Waals surface area contributed by atoms with Gasteiger partial charge in [0.2, 0.25) is 5.91 Å². The molecule has 1 fully saturated rings. The van der Waals surface area contributed by atoms with E-state index in [9.17, 15) is 4.79 Å². The van der Waals surface area contributed by atoms with E-state index >= 15 is 0 Å². The van der Waals surface area contributed by atoms with Gasteiger partial charge in [-0.15, -0.1) is 0 Å². The van der Waals surface area contributed by atoms with Crippen LogP contribution in [0.15, 0.2) is 18.2 Å². The Morgan fingerprint density at radius 1 is 1.32 bits per heavy atom. The Morgan fingerprint density at radius 3 is 3.11 bits per heavy atom. The van der Waals surface area contributed by atoms with Crippen LogP contribution in [0.4, 0.5) is 5.69 Å². The lowest BCUT2D eigenvalue weighted by Gasteiger charge is -2.21. The second-order valence-corrected chi connectivity index (χ2v) is 5.51. The van der Waals surface area contributed by atoms with Gasteiger partial charge in [0.25, 0.3) is 0 Å². The SMILES string of the molecule is CN1CCCN(Cc2cccc3c2NCC3)CC1=O. The van der Waals surface area contributed by atoms with Crippen LogP contribution in [-0.4, -0.2) is 48.9 Å². The lowest BCUT2D eigenvalue weighted by Crippen LogP contribution is -2.34. The number of rotatable bonds is 2. The number of hydrogen-bond donors (Lipinski definition) is 1. The molecule has 0 aromatic heterocycles. The summed E-state index contributed by atoms with van der Waals surface area (Å²) in [5.41, 5.74) is 4.04. The molecule has 1 saturated heterocycles. The summed E-state index contributed by atoms with van der Waals surface area (Å²) < 4.78 is 0. The first-order valence-corrected chi connectivity index (χ1v) is 7.05. The minimum absolute atomic E-state index is 0.234. The number of para-hydroxylation sites is 1. The number of hydrogen-bond acceptors (Lipinski definition) is 3. The van der Waals surface area contributed by atoms with Crippen molar-refractivity contribution in [3.05, 3.63) is 29.3 Å². The largest absolute Gasteiger partial charge is 0.384 e. The number of benzene rings is 1. The first-order valence-electron chi connectivity index (χ1n) is 7.05. The van der Waals surface area contributed by atoms with E-state index in [0.717, 1.165) is 39.0 Å². The zero-order valence-electron chi connectivity index (χ0n) is 11.5. The van der Waals surface area contributed by atoms with E-state index < -0.39 is 0 Å². The molecule has 0 spiro atoms. The minimum atomic E-state index is 0.234. The monoisotopic (exact) mass is 259 g/mol. The van der Waals surface area contributed by atoms with E-state index in [1.807, 2.05) is 11.9 Å². The van der Waals surface area contributed by atoms with Crippen molar-refractivity contribution in [2.75, 3.05) is 38.5 Å². The molecule has 0 bridgehead atoms. The van der Waals surface area contributed by atoms with Crippen LogP contribution in [0.3, 0.4) is 0 Å². The quantitative estimate of drug-likeness (QED) is 0.870. The minimum Gasteiger partial charge on any atom is -0.384 e. The molecule has 102 valence electrons. The number of carbonyl (C=O) groups excluding carboxylic acids is 1. The van der Waals surface area contributed by atoms with Gasteiger partial charge in [0.15, 0.2) is 0 Å². The normalized spacial score (nSPS) is 20.1. The van der Waals surface area contributed by atoms with Crippen molar-refractivity contribution < 1.29 is 4.79 Å². The van der Waals surface area contributed by atoms with Gasteiger partial charge in [0, 0.05) is 38.9 Å². The molecule has 0 atom stereocenters. The maximum Gasteiger partial charge on any atom is 0.236 e. The molecule has 1 aromatic rings. The fourth-order valence-electron chi connectivity index (χ4n) is 2.97. The third-order valence-electron chi connectivity index (χ3n) is 4.08. The number of nitrogens with zero attached hydrogens (tertiary/aromatic N) is 2. The van der Waals surface area contributed by atoms with E-state index in [0.29, 0.717) is 6.54 Å². The Balaban J connectivity index is 1.75. The number of likely N-dealkylation sites (N-methyl/N-ethyl adjacent to an activating group) is 1. The summed E-state index contributed by atoms with van der Waals surface area (Å²) in [5, 5.41) is 3.47. The van der Waals surface area contributed by atoms with Gasteiger partial charge in [-0.1, -0.05) is 18.2 Å². The first-order chi connectivity index (χ1) is 9.24. The van der Waals surface area contributed by atoms with Crippen LogP contribution in [0, 0.1) is 0 Å². The highest BCUT2D eigenvalue weighted by molar-refractivity contribution is 5.78. The molecule has 2 aliphatic rings. The predicted octanol–water partition coefficient (Wildman–Crippen LogP) is 1.32. The Hall–Kier alpha value is -1.55. The number of nitrogens with one attached hydrogen (secondary N) is 1. The summed E-state index contributed by atoms with van der Waals surface area (Å²) in [4.78, 5) is 16.0. The zero-order chi connectivity index (χ0) is 13.2. The van der Waals surface area contributed by atoms with Crippen molar-refractivity contribution in [1.29, 1.82) is 0 Å². The molecule has 1 amide bonds. The highest BCUT2D eigenvalue weighted by Crippen LogP contribution is 2.27. The molecule has 0 radical (unpaired) electrons. The molecule has 3 rings (SSSR count). The van der Waals surface area contributed by atoms with Gasteiger partial charge in [0.05, 0.1) is 6.54 Å². The average Bonchev–Trinajstić information content (AvgIpc) is 2.81. The van der Waals surface area contributed by atoms with E-state index in [-0.39, 0.29) is 5.91 Å². The van der Waals surface area contributed by atoms with Crippen LogP contribution in [0.5, 0.6) is 0 Å². The fraction of sp³-hybridized carbons (Fsp3) is 0.533. The van der Waals surface area contributed by atoms with Crippen molar-refractivity contribution in [3.8, 4) is 0 Å². The predicted molar refractivity (Wildman–Crippen MR) is 76.2 cm³/mol.